The van der Waals surface area contributed by atoms with E-state index in [4.69, 9.17) is 26.1 Å². The summed E-state index contributed by atoms with van der Waals surface area (Å²) in [7, 11) is 3.24. The molecule has 0 saturated heterocycles. The van der Waals surface area contributed by atoms with E-state index in [1.54, 1.807) is 14.2 Å². The number of halogens is 1. The zero-order valence-corrected chi connectivity index (χ0v) is 14.0. The fraction of sp³-hybridized carbons (Fsp3) is 0.588. The Kier molecular flexibility index (Phi) is 6.52. The average Bonchev–Trinajstić information content (AvgIpc) is 2.54. The Morgan fingerprint density at radius 3 is 2.68 bits per heavy atom. The summed E-state index contributed by atoms with van der Waals surface area (Å²) in [5.41, 5.74) is 2.13. The minimum absolute atomic E-state index is 0.0189. The molecule has 5 heteroatoms. The number of aliphatic hydroxyl groups excluding tert-OH is 1. The molecule has 0 fully saturated rings. The summed E-state index contributed by atoms with van der Waals surface area (Å²) >= 11 is 5.72. The molecule has 0 aliphatic carbocycles. The van der Waals surface area contributed by atoms with Crippen LogP contribution in [0.5, 0.6) is 11.5 Å². The molecule has 1 aliphatic rings. The number of aliphatic hydroxyl groups is 1. The van der Waals surface area contributed by atoms with Gasteiger partial charge in [0.1, 0.15) is 0 Å². The van der Waals surface area contributed by atoms with E-state index in [1.807, 2.05) is 18.2 Å². The van der Waals surface area contributed by atoms with Crippen molar-refractivity contribution < 1.29 is 14.6 Å². The third-order valence-corrected chi connectivity index (χ3v) is 4.21. The minimum Gasteiger partial charge on any atom is -0.493 e. The molecule has 1 aromatic rings. The van der Waals surface area contributed by atoms with E-state index in [1.165, 1.54) is 0 Å². The number of alkyl halides is 1. The number of hydrogen-bond acceptors (Lipinski definition) is 4. The van der Waals surface area contributed by atoms with E-state index in [-0.39, 0.29) is 12.1 Å². The van der Waals surface area contributed by atoms with E-state index >= 15 is 0 Å². The zero-order chi connectivity index (χ0) is 15.9. The van der Waals surface area contributed by atoms with E-state index in [0.29, 0.717) is 30.2 Å². The molecule has 2 rings (SSSR count). The van der Waals surface area contributed by atoms with Gasteiger partial charge >= 0.3 is 0 Å². The molecule has 0 spiro atoms. The van der Waals surface area contributed by atoms with Crippen LogP contribution >= 0.6 is 11.6 Å². The van der Waals surface area contributed by atoms with E-state index < -0.39 is 0 Å². The van der Waals surface area contributed by atoms with Crippen LogP contribution in [0.3, 0.4) is 0 Å². The topological polar surface area (TPSA) is 51.0 Å². The zero-order valence-electron chi connectivity index (χ0n) is 13.2. The van der Waals surface area contributed by atoms with Crippen LogP contribution in [0.4, 0.5) is 0 Å². The summed E-state index contributed by atoms with van der Waals surface area (Å²) in [5, 5.41) is 10.1. The first-order valence-corrected chi connectivity index (χ1v) is 8.23. The van der Waals surface area contributed by atoms with Gasteiger partial charge < -0.3 is 14.6 Å². The van der Waals surface area contributed by atoms with Gasteiger partial charge in [0.25, 0.3) is 0 Å². The molecule has 122 valence electrons. The summed E-state index contributed by atoms with van der Waals surface area (Å²) in [6, 6.07) is 5.80. The average molecular weight is 326 g/mol. The van der Waals surface area contributed by atoms with Crippen LogP contribution in [-0.4, -0.2) is 37.0 Å². The Hall–Kier alpha value is -1.26. The number of rotatable bonds is 7. The molecular weight excluding hydrogens is 302 g/mol. The first kappa shape index (κ1) is 17.1. The first-order chi connectivity index (χ1) is 10.7. The van der Waals surface area contributed by atoms with Gasteiger partial charge in [0.15, 0.2) is 11.5 Å². The Bertz CT molecular complexity index is 519. The van der Waals surface area contributed by atoms with E-state index in [9.17, 15) is 5.11 Å². The maximum atomic E-state index is 10.1. The van der Waals surface area contributed by atoms with Crippen molar-refractivity contribution >= 4 is 17.3 Å². The third-order valence-electron chi connectivity index (χ3n) is 3.95. The molecule has 2 atom stereocenters. The fourth-order valence-corrected chi connectivity index (χ4v) is 2.99. The monoisotopic (exact) mass is 325 g/mol. The summed E-state index contributed by atoms with van der Waals surface area (Å²) in [6.45, 7) is 0. The standard InChI is InChI=1S/C17H24ClNO3/c1-21-16-7-6-12(9-17(16)22-2)15-11-14(20)10-13(19-15)5-3-4-8-18/h6-7,9,14-15,20H,3-5,8,10-11H2,1-2H3/t14-,15-/m0/s1. The van der Waals surface area contributed by atoms with Crippen LogP contribution in [0, 0.1) is 0 Å². The molecule has 1 aliphatic heterocycles. The normalized spacial score (nSPS) is 21.4. The third kappa shape index (κ3) is 4.37. The second kappa shape index (κ2) is 8.39. The Morgan fingerprint density at radius 2 is 2.00 bits per heavy atom. The number of hydrogen-bond donors (Lipinski definition) is 1. The van der Waals surface area contributed by atoms with Gasteiger partial charge in [0.2, 0.25) is 0 Å². The predicted octanol–water partition coefficient (Wildman–Crippen LogP) is 3.75. The highest BCUT2D eigenvalue weighted by Gasteiger charge is 2.24. The van der Waals surface area contributed by atoms with Crippen molar-refractivity contribution in [3.8, 4) is 11.5 Å². The maximum absolute atomic E-state index is 10.1. The van der Waals surface area contributed by atoms with Gasteiger partial charge in [0.05, 0.1) is 26.4 Å². The molecule has 0 unspecified atom stereocenters. The molecule has 1 N–H and O–H groups in total. The quantitative estimate of drug-likeness (QED) is 0.613. The van der Waals surface area contributed by atoms with Gasteiger partial charge in [-0.2, -0.15) is 0 Å². The van der Waals surface area contributed by atoms with E-state index in [2.05, 4.69) is 0 Å². The lowest BCUT2D eigenvalue weighted by Gasteiger charge is -2.25. The van der Waals surface area contributed by atoms with Crippen LogP contribution in [0.1, 0.15) is 43.7 Å². The fourth-order valence-electron chi connectivity index (χ4n) is 2.80. The second-order valence-electron chi connectivity index (χ2n) is 5.57. The second-order valence-corrected chi connectivity index (χ2v) is 5.94. The number of ether oxygens (including phenoxy) is 2. The Morgan fingerprint density at radius 1 is 1.23 bits per heavy atom. The molecule has 1 heterocycles. The van der Waals surface area contributed by atoms with Gasteiger partial charge in [-0.1, -0.05) is 6.07 Å². The number of nitrogens with zero attached hydrogens (tertiary/aromatic N) is 1. The van der Waals surface area contributed by atoms with Crippen LogP contribution in [0.15, 0.2) is 23.2 Å². The van der Waals surface area contributed by atoms with Gasteiger partial charge in [-0.15, -0.1) is 11.6 Å². The van der Waals surface area contributed by atoms with Crippen LogP contribution in [0.2, 0.25) is 0 Å². The minimum atomic E-state index is -0.332. The smallest absolute Gasteiger partial charge is 0.161 e. The lowest BCUT2D eigenvalue weighted by atomic mass is 9.93. The van der Waals surface area contributed by atoms with Crippen molar-refractivity contribution in [2.75, 3.05) is 20.1 Å². The number of benzene rings is 1. The highest BCUT2D eigenvalue weighted by molar-refractivity contribution is 6.17. The van der Waals surface area contributed by atoms with E-state index in [0.717, 1.165) is 30.5 Å². The molecule has 0 bridgehead atoms. The molecule has 0 saturated carbocycles. The summed E-state index contributed by atoms with van der Waals surface area (Å²) in [4.78, 5) is 4.82. The van der Waals surface area contributed by atoms with Gasteiger partial charge in [-0.05, 0) is 37.0 Å². The predicted molar refractivity (Wildman–Crippen MR) is 89.5 cm³/mol. The molecule has 1 aromatic carbocycles. The molecule has 0 amide bonds. The maximum Gasteiger partial charge on any atom is 0.161 e. The Balaban J connectivity index is 2.17. The summed E-state index contributed by atoms with van der Waals surface area (Å²) < 4.78 is 10.6. The van der Waals surface area contributed by atoms with Gasteiger partial charge in [-0.3, -0.25) is 4.99 Å². The van der Waals surface area contributed by atoms with Crippen LogP contribution in [0.25, 0.3) is 0 Å². The highest BCUT2D eigenvalue weighted by Crippen LogP contribution is 2.35. The summed E-state index contributed by atoms with van der Waals surface area (Å²) in [5.74, 6) is 2.07. The van der Waals surface area contributed by atoms with Crippen molar-refractivity contribution in [1.82, 2.24) is 0 Å². The van der Waals surface area contributed by atoms with Gasteiger partial charge in [-0.25, -0.2) is 0 Å². The van der Waals surface area contributed by atoms with Crippen molar-refractivity contribution in [1.29, 1.82) is 0 Å². The first-order valence-electron chi connectivity index (χ1n) is 7.69. The van der Waals surface area contributed by atoms with Crippen molar-refractivity contribution in [2.24, 2.45) is 4.99 Å². The van der Waals surface area contributed by atoms with Crippen LogP contribution < -0.4 is 9.47 Å². The van der Waals surface area contributed by atoms with Crippen LogP contribution in [-0.2, 0) is 0 Å². The SMILES string of the molecule is COc1ccc([C@@H]2C[C@@H](O)CC(CCCCCl)=N2)cc1OC. The summed E-state index contributed by atoms with van der Waals surface area (Å²) in [6.07, 6.45) is 3.90. The van der Waals surface area contributed by atoms with Crippen molar-refractivity contribution in [3.05, 3.63) is 23.8 Å². The van der Waals surface area contributed by atoms with Crippen molar-refractivity contribution in [2.45, 2.75) is 44.2 Å². The number of unbranched alkanes of at least 4 members (excludes halogenated alkanes) is 1. The molecule has 0 radical (unpaired) electrons. The highest BCUT2D eigenvalue weighted by atomic mass is 35.5. The number of methoxy groups -OCH3 is 2. The molecular formula is C17H24ClNO3. The number of aliphatic imine (C=N–C) groups is 1. The molecule has 4 nitrogen and oxygen atoms in total. The largest absolute Gasteiger partial charge is 0.493 e. The van der Waals surface area contributed by atoms with Crippen molar-refractivity contribution in [3.63, 3.8) is 0 Å². The molecule has 22 heavy (non-hydrogen) atoms. The Labute approximate surface area is 137 Å². The van der Waals surface area contributed by atoms with Gasteiger partial charge in [0, 0.05) is 24.4 Å². The molecule has 0 aromatic heterocycles. The lowest BCUT2D eigenvalue weighted by molar-refractivity contribution is 0.156. The lowest BCUT2D eigenvalue weighted by Crippen LogP contribution is -2.22.